The summed E-state index contributed by atoms with van der Waals surface area (Å²) in [4.78, 5) is 0. The van der Waals surface area contributed by atoms with Crippen molar-refractivity contribution in [2.45, 2.75) is 220 Å². The SMILES string of the molecule is CCCCCCCCCc1c(CCCCCCCC)c(CCCCCCCC)c2ccccc2c1CCCCCCCCC. The summed E-state index contributed by atoms with van der Waals surface area (Å²) in [6.07, 6.45) is 41.6. The van der Waals surface area contributed by atoms with Crippen LogP contribution in [0.5, 0.6) is 0 Å². The Balaban J connectivity index is 2.33. The third kappa shape index (κ3) is 15.8. The third-order valence-electron chi connectivity index (χ3n) is 10.3. The highest BCUT2D eigenvalue weighted by atomic mass is 14.2. The maximum absolute atomic E-state index is 2.50. The summed E-state index contributed by atoms with van der Waals surface area (Å²) in [5, 5.41) is 3.23. The first-order valence-electron chi connectivity index (χ1n) is 20.3. The second kappa shape index (κ2) is 26.9. The number of benzene rings is 2. The molecule has 0 atom stereocenters. The largest absolute Gasteiger partial charge is 0.0654 e. The molecule has 2 rings (SSSR count). The zero-order valence-corrected chi connectivity index (χ0v) is 30.5. The van der Waals surface area contributed by atoms with Gasteiger partial charge in [0.1, 0.15) is 0 Å². The normalized spacial score (nSPS) is 11.6. The van der Waals surface area contributed by atoms with Crippen LogP contribution >= 0.6 is 0 Å². The lowest BCUT2D eigenvalue weighted by atomic mass is 9.81. The Morgan fingerprint density at radius 1 is 0.273 bits per heavy atom. The number of aryl methyl sites for hydroxylation is 2. The predicted octanol–water partition coefficient (Wildman–Crippen LogP) is 15.2. The fourth-order valence-electron chi connectivity index (χ4n) is 7.56. The van der Waals surface area contributed by atoms with E-state index in [1.807, 2.05) is 11.1 Å². The molecule has 44 heavy (non-hydrogen) atoms. The summed E-state index contributed by atoms with van der Waals surface area (Å²) in [5.41, 5.74) is 7.15. The molecule has 0 nitrogen and oxygen atoms in total. The molecule has 2 aromatic rings. The van der Waals surface area contributed by atoms with Crippen molar-refractivity contribution >= 4 is 10.8 Å². The Morgan fingerprint density at radius 2 is 0.500 bits per heavy atom. The van der Waals surface area contributed by atoms with Crippen molar-refractivity contribution < 1.29 is 0 Å². The van der Waals surface area contributed by atoms with Gasteiger partial charge in [-0.2, -0.15) is 0 Å². The van der Waals surface area contributed by atoms with Crippen LogP contribution in [0.1, 0.15) is 217 Å². The molecule has 0 aliphatic rings. The van der Waals surface area contributed by atoms with Crippen molar-refractivity contribution in [2.75, 3.05) is 0 Å². The van der Waals surface area contributed by atoms with Gasteiger partial charge in [-0.05, 0) is 84.4 Å². The van der Waals surface area contributed by atoms with Crippen LogP contribution in [0.25, 0.3) is 10.8 Å². The number of hydrogen-bond acceptors (Lipinski definition) is 0. The highest BCUT2D eigenvalue weighted by Gasteiger charge is 2.19. The van der Waals surface area contributed by atoms with Gasteiger partial charge in [-0.25, -0.2) is 0 Å². The van der Waals surface area contributed by atoms with Crippen molar-refractivity contribution in [1.29, 1.82) is 0 Å². The van der Waals surface area contributed by atoms with Gasteiger partial charge in [0, 0.05) is 0 Å². The highest BCUT2D eigenvalue weighted by Crippen LogP contribution is 2.36. The average molecular weight is 605 g/mol. The van der Waals surface area contributed by atoms with Gasteiger partial charge < -0.3 is 0 Å². The third-order valence-corrected chi connectivity index (χ3v) is 10.3. The molecule has 0 heteroatoms. The van der Waals surface area contributed by atoms with E-state index in [1.54, 1.807) is 21.9 Å². The maximum atomic E-state index is 2.50. The summed E-state index contributed by atoms with van der Waals surface area (Å²) in [5.74, 6) is 0. The van der Waals surface area contributed by atoms with Crippen molar-refractivity contribution in [3.05, 3.63) is 46.5 Å². The molecular formula is C44H76. The second-order valence-electron chi connectivity index (χ2n) is 14.2. The monoisotopic (exact) mass is 605 g/mol. The van der Waals surface area contributed by atoms with Crippen molar-refractivity contribution in [1.82, 2.24) is 0 Å². The summed E-state index contributed by atoms with van der Waals surface area (Å²) in [7, 11) is 0. The molecule has 2 aromatic carbocycles. The van der Waals surface area contributed by atoms with Gasteiger partial charge in [0.2, 0.25) is 0 Å². The number of hydrogen-bond donors (Lipinski definition) is 0. The Kier molecular flexibility index (Phi) is 23.7. The van der Waals surface area contributed by atoms with E-state index in [2.05, 4.69) is 52.0 Å². The fourth-order valence-corrected chi connectivity index (χ4v) is 7.56. The molecular weight excluding hydrogens is 528 g/mol. The molecule has 0 bridgehead atoms. The van der Waals surface area contributed by atoms with E-state index in [-0.39, 0.29) is 0 Å². The Labute approximate surface area is 277 Å². The molecule has 0 N–H and O–H groups in total. The summed E-state index contributed by atoms with van der Waals surface area (Å²) in [6, 6.07) is 9.66. The molecule has 0 aromatic heterocycles. The van der Waals surface area contributed by atoms with Gasteiger partial charge >= 0.3 is 0 Å². The molecule has 0 amide bonds. The minimum atomic E-state index is 1.29. The Bertz CT molecular complexity index is 937. The van der Waals surface area contributed by atoms with E-state index >= 15 is 0 Å². The van der Waals surface area contributed by atoms with E-state index in [0.717, 1.165) is 0 Å². The standard InChI is InChI=1S/C44H76/c1-5-9-13-17-21-25-29-35-40-39(33-27-23-19-15-11-7-3)41(34-28-24-20-16-12-8-4)43-37-31-32-38-44(43)42(40)36-30-26-22-18-14-10-6-2/h31-32,37-38H,5-30,33-36H2,1-4H3. The minimum absolute atomic E-state index is 1.29. The van der Waals surface area contributed by atoms with Gasteiger partial charge in [-0.15, -0.1) is 0 Å². The minimum Gasteiger partial charge on any atom is -0.0654 e. The lowest BCUT2D eigenvalue weighted by Crippen LogP contribution is -2.08. The van der Waals surface area contributed by atoms with Crippen LogP contribution in [0.2, 0.25) is 0 Å². The van der Waals surface area contributed by atoms with Gasteiger partial charge in [0.25, 0.3) is 0 Å². The molecule has 0 saturated carbocycles. The van der Waals surface area contributed by atoms with E-state index in [1.165, 1.54) is 193 Å². The van der Waals surface area contributed by atoms with Gasteiger partial charge in [0.05, 0.1) is 0 Å². The lowest BCUT2D eigenvalue weighted by molar-refractivity contribution is 0.579. The van der Waals surface area contributed by atoms with Crippen molar-refractivity contribution in [3.63, 3.8) is 0 Å². The van der Waals surface area contributed by atoms with Crippen LogP contribution in [-0.2, 0) is 25.7 Å². The predicted molar refractivity (Wildman–Crippen MR) is 202 cm³/mol. The first-order valence-corrected chi connectivity index (χ1v) is 20.3. The molecule has 0 fully saturated rings. The zero-order valence-electron chi connectivity index (χ0n) is 30.5. The van der Waals surface area contributed by atoms with Crippen LogP contribution in [0.3, 0.4) is 0 Å². The van der Waals surface area contributed by atoms with Crippen molar-refractivity contribution in [3.8, 4) is 0 Å². The van der Waals surface area contributed by atoms with Crippen LogP contribution < -0.4 is 0 Å². The highest BCUT2D eigenvalue weighted by molar-refractivity contribution is 5.91. The maximum Gasteiger partial charge on any atom is -0.0146 e. The van der Waals surface area contributed by atoms with Crippen molar-refractivity contribution in [2.24, 2.45) is 0 Å². The number of unbranched alkanes of at least 4 members (excludes halogenated alkanes) is 22. The van der Waals surface area contributed by atoms with Crippen LogP contribution in [0, 0.1) is 0 Å². The van der Waals surface area contributed by atoms with E-state index in [9.17, 15) is 0 Å². The molecule has 0 saturated heterocycles. The van der Waals surface area contributed by atoms with Crippen LogP contribution in [0.4, 0.5) is 0 Å². The Hall–Kier alpha value is -1.30. The van der Waals surface area contributed by atoms with Crippen LogP contribution in [-0.4, -0.2) is 0 Å². The average Bonchev–Trinajstić information content (AvgIpc) is 3.04. The van der Waals surface area contributed by atoms with Gasteiger partial charge in [0.15, 0.2) is 0 Å². The zero-order chi connectivity index (χ0) is 31.5. The molecule has 0 radical (unpaired) electrons. The molecule has 0 spiro atoms. The van der Waals surface area contributed by atoms with E-state index in [0.29, 0.717) is 0 Å². The molecule has 0 aliphatic carbocycles. The molecule has 252 valence electrons. The smallest absolute Gasteiger partial charge is 0.0146 e. The summed E-state index contributed by atoms with van der Waals surface area (Å²) < 4.78 is 0. The van der Waals surface area contributed by atoms with E-state index in [4.69, 9.17) is 0 Å². The summed E-state index contributed by atoms with van der Waals surface area (Å²) in [6.45, 7) is 9.34. The second-order valence-corrected chi connectivity index (χ2v) is 14.2. The number of rotatable bonds is 30. The first kappa shape index (κ1) is 38.9. The topological polar surface area (TPSA) is 0 Å². The Morgan fingerprint density at radius 3 is 0.773 bits per heavy atom. The van der Waals surface area contributed by atoms with Crippen LogP contribution in [0.15, 0.2) is 24.3 Å². The lowest BCUT2D eigenvalue weighted by Gasteiger charge is -2.24. The van der Waals surface area contributed by atoms with E-state index < -0.39 is 0 Å². The fraction of sp³-hybridized carbons (Fsp3) is 0.773. The number of fused-ring (bicyclic) bond motifs is 1. The molecule has 0 heterocycles. The van der Waals surface area contributed by atoms with Gasteiger partial charge in [-0.1, -0.05) is 193 Å². The first-order chi connectivity index (χ1) is 21.8. The quantitative estimate of drug-likeness (QED) is 0.0778. The summed E-state index contributed by atoms with van der Waals surface area (Å²) >= 11 is 0. The molecule has 0 aliphatic heterocycles. The van der Waals surface area contributed by atoms with Gasteiger partial charge in [-0.3, -0.25) is 0 Å². The molecule has 0 unspecified atom stereocenters.